The van der Waals surface area contributed by atoms with Crippen molar-refractivity contribution in [2.45, 2.75) is 39.5 Å². The Hall–Kier alpha value is -1.32. The van der Waals surface area contributed by atoms with Crippen molar-refractivity contribution < 1.29 is 9.59 Å². The molecule has 2 amide bonds. The monoisotopic (exact) mass is 278 g/mol. The fraction of sp³-hybridized carbons (Fsp3) is 0.750. The molecule has 2 fully saturated rings. The van der Waals surface area contributed by atoms with Crippen LogP contribution in [0.1, 0.15) is 39.5 Å². The van der Waals surface area contributed by atoms with Gasteiger partial charge in [-0.15, -0.1) is 0 Å². The summed E-state index contributed by atoms with van der Waals surface area (Å²) >= 11 is 0. The molecule has 1 aliphatic carbocycles. The van der Waals surface area contributed by atoms with Crippen LogP contribution < -0.4 is 0 Å². The highest BCUT2D eigenvalue weighted by Crippen LogP contribution is 2.32. The number of hydrogen-bond donors (Lipinski definition) is 0. The molecule has 1 atom stereocenters. The van der Waals surface area contributed by atoms with Crippen LogP contribution >= 0.6 is 0 Å². The number of carbonyl (C=O) groups is 2. The van der Waals surface area contributed by atoms with Gasteiger partial charge in [0.15, 0.2) is 0 Å². The third-order valence-electron chi connectivity index (χ3n) is 4.16. The molecule has 4 nitrogen and oxygen atoms in total. The van der Waals surface area contributed by atoms with Crippen molar-refractivity contribution in [1.29, 1.82) is 0 Å². The van der Waals surface area contributed by atoms with Gasteiger partial charge in [-0.3, -0.25) is 9.59 Å². The zero-order valence-corrected chi connectivity index (χ0v) is 12.7. The summed E-state index contributed by atoms with van der Waals surface area (Å²) in [5.74, 6) is 0.682. The lowest BCUT2D eigenvalue weighted by molar-refractivity contribution is -0.141. The number of rotatable bonds is 5. The lowest BCUT2D eigenvalue weighted by atomic mass is 9.96. The summed E-state index contributed by atoms with van der Waals surface area (Å²) in [6.07, 6.45) is 3.91. The van der Waals surface area contributed by atoms with E-state index in [1.165, 1.54) is 0 Å². The molecule has 0 spiro atoms. The van der Waals surface area contributed by atoms with E-state index in [4.69, 9.17) is 0 Å². The predicted molar refractivity (Wildman–Crippen MR) is 79.1 cm³/mol. The molecule has 0 aromatic rings. The van der Waals surface area contributed by atoms with Crippen molar-refractivity contribution in [3.8, 4) is 0 Å². The van der Waals surface area contributed by atoms with Crippen LogP contribution in [0, 0.1) is 11.8 Å². The third kappa shape index (κ3) is 3.62. The molecular formula is C16H26N2O2. The minimum atomic E-state index is -0.0225. The first-order valence-electron chi connectivity index (χ1n) is 7.74. The van der Waals surface area contributed by atoms with Crippen molar-refractivity contribution in [1.82, 2.24) is 9.80 Å². The summed E-state index contributed by atoms with van der Waals surface area (Å²) < 4.78 is 0. The van der Waals surface area contributed by atoms with Crippen LogP contribution in [0.2, 0.25) is 0 Å². The number of amides is 2. The first-order valence-corrected chi connectivity index (χ1v) is 7.74. The number of likely N-dealkylation sites (tertiary alicyclic amines) is 1. The van der Waals surface area contributed by atoms with Gasteiger partial charge in [-0.05, 0) is 39.5 Å². The number of likely N-dealkylation sites (N-methyl/N-ethyl adjacent to an activating group) is 1. The average Bonchev–Trinajstić information content (AvgIpc) is 3.27. The van der Waals surface area contributed by atoms with Crippen LogP contribution in [-0.2, 0) is 9.59 Å². The molecule has 1 heterocycles. The van der Waals surface area contributed by atoms with E-state index < -0.39 is 0 Å². The zero-order chi connectivity index (χ0) is 14.7. The maximum absolute atomic E-state index is 12.6. The Bertz CT molecular complexity index is 401. The second-order valence-corrected chi connectivity index (χ2v) is 6.21. The van der Waals surface area contributed by atoms with Crippen LogP contribution in [0.5, 0.6) is 0 Å². The molecule has 1 saturated carbocycles. The van der Waals surface area contributed by atoms with Gasteiger partial charge in [-0.2, -0.15) is 0 Å². The standard InChI is InChI=1S/C16H26N2O2/c1-4-17(10-12(2)3)16(20)14-6-5-9-18(11-14)15(19)13-7-8-13/h13-14H,2,4-11H2,1,3H3/t14-/m1/s1. The number of piperidine rings is 1. The molecule has 0 unspecified atom stereocenters. The lowest BCUT2D eigenvalue weighted by Crippen LogP contribution is -2.47. The number of nitrogens with zero attached hydrogens (tertiary/aromatic N) is 2. The van der Waals surface area contributed by atoms with Gasteiger partial charge in [0.1, 0.15) is 0 Å². The Kier molecular flexibility index (Phi) is 4.84. The van der Waals surface area contributed by atoms with Gasteiger partial charge >= 0.3 is 0 Å². The fourth-order valence-corrected chi connectivity index (χ4v) is 2.90. The number of carbonyl (C=O) groups excluding carboxylic acids is 2. The molecule has 4 heteroatoms. The highest BCUT2D eigenvalue weighted by molar-refractivity contribution is 5.83. The molecular weight excluding hydrogens is 252 g/mol. The van der Waals surface area contributed by atoms with Gasteiger partial charge in [0, 0.05) is 32.1 Å². The van der Waals surface area contributed by atoms with Gasteiger partial charge in [-0.25, -0.2) is 0 Å². The Balaban J connectivity index is 1.94. The molecule has 20 heavy (non-hydrogen) atoms. The second-order valence-electron chi connectivity index (χ2n) is 6.21. The summed E-state index contributed by atoms with van der Waals surface area (Å²) in [7, 11) is 0. The summed E-state index contributed by atoms with van der Waals surface area (Å²) in [5.41, 5.74) is 1.00. The summed E-state index contributed by atoms with van der Waals surface area (Å²) in [5, 5.41) is 0. The zero-order valence-electron chi connectivity index (χ0n) is 12.7. The predicted octanol–water partition coefficient (Wildman–Crippen LogP) is 2.06. The van der Waals surface area contributed by atoms with Crippen molar-refractivity contribution in [2.24, 2.45) is 11.8 Å². The molecule has 0 aromatic heterocycles. The van der Waals surface area contributed by atoms with E-state index in [0.717, 1.165) is 37.8 Å². The lowest BCUT2D eigenvalue weighted by Gasteiger charge is -2.35. The molecule has 0 bridgehead atoms. The third-order valence-corrected chi connectivity index (χ3v) is 4.16. The van der Waals surface area contributed by atoms with E-state index in [0.29, 0.717) is 19.6 Å². The fourth-order valence-electron chi connectivity index (χ4n) is 2.90. The molecule has 0 aromatic carbocycles. The van der Waals surface area contributed by atoms with Crippen molar-refractivity contribution >= 4 is 11.8 Å². The Labute approximate surface area is 121 Å². The Morgan fingerprint density at radius 2 is 1.95 bits per heavy atom. The minimum Gasteiger partial charge on any atom is -0.342 e. The minimum absolute atomic E-state index is 0.0225. The molecule has 0 radical (unpaired) electrons. The topological polar surface area (TPSA) is 40.6 Å². The van der Waals surface area contributed by atoms with Crippen LogP contribution in [0.25, 0.3) is 0 Å². The number of hydrogen-bond acceptors (Lipinski definition) is 2. The summed E-state index contributed by atoms with van der Waals surface area (Å²) in [6.45, 7) is 10.6. The second kappa shape index (κ2) is 6.42. The average molecular weight is 278 g/mol. The molecule has 112 valence electrons. The van der Waals surface area contributed by atoms with Crippen LogP contribution in [-0.4, -0.2) is 47.8 Å². The summed E-state index contributed by atoms with van der Waals surface area (Å²) in [6, 6.07) is 0. The maximum Gasteiger partial charge on any atom is 0.227 e. The van der Waals surface area contributed by atoms with E-state index in [9.17, 15) is 9.59 Å². The molecule has 2 aliphatic rings. The van der Waals surface area contributed by atoms with Crippen LogP contribution in [0.4, 0.5) is 0 Å². The maximum atomic E-state index is 12.6. The van der Waals surface area contributed by atoms with Crippen LogP contribution in [0.3, 0.4) is 0 Å². The normalized spacial score (nSPS) is 22.5. The summed E-state index contributed by atoms with van der Waals surface area (Å²) in [4.78, 5) is 28.5. The Morgan fingerprint density at radius 1 is 1.25 bits per heavy atom. The highest BCUT2D eigenvalue weighted by atomic mass is 16.2. The quantitative estimate of drug-likeness (QED) is 0.722. The van der Waals surface area contributed by atoms with E-state index in [1.54, 1.807) is 0 Å². The molecule has 0 N–H and O–H groups in total. The van der Waals surface area contributed by atoms with Gasteiger partial charge < -0.3 is 9.80 Å². The van der Waals surface area contributed by atoms with Gasteiger partial charge in [-0.1, -0.05) is 12.2 Å². The van der Waals surface area contributed by atoms with Crippen molar-refractivity contribution in [3.63, 3.8) is 0 Å². The van der Waals surface area contributed by atoms with Gasteiger partial charge in [0.05, 0.1) is 5.92 Å². The van der Waals surface area contributed by atoms with Crippen molar-refractivity contribution in [2.75, 3.05) is 26.2 Å². The largest absolute Gasteiger partial charge is 0.342 e. The smallest absolute Gasteiger partial charge is 0.227 e. The van der Waals surface area contributed by atoms with Crippen molar-refractivity contribution in [3.05, 3.63) is 12.2 Å². The van der Waals surface area contributed by atoms with E-state index in [1.807, 2.05) is 23.6 Å². The van der Waals surface area contributed by atoms with Gasteiger partial charge in [0.25, 0.3) is 0 Å². The first-order chi connectivity index (χ1) is 9.52. The molecule has 2 rings (SSSR count). The molecule has 1 saturated heterocycles. The molecule has 1 aliphatic heterocycles. The SMILES string of the molecule is C=C(C)CN(CC)C(=O)[C@@H]1CCCN(C(=O)C2CC2)C1. The van der Waals surface area contributed by atoms with E-state index in [-0.39, 0.29) is 23.7 Å². The highest BCUT2D eigenvalue weighted by Gasteiger charge is 2.37. The Morgan fingerprint density at radius 3 is 2.50 bits per heavy atom. The van der Waals surface area contributed by atoms with E-state index in [2.05, 4.69) is 6.58 Å². The first kappa shape index (κ1) is 15.1. The van der Waals surface area contributed by atoms with E-state index >= 15 is 0 Å². The van der Waals surface area contributed by atoms with Gasteiger partial charge in [0.2, 0.25) is 11.8 Å². The van der Waals surface area contributed by atoms with Crippen LogP contribution in [0.15, 0.2) is 12.2 Å².